The second kappa shape index (κ2) is 9.70. The average molecular weight is 463 g/mol. The quantitative estimate of drug-likeness (QED) is 0.371. The molecule has 0 saturated heterocycles. The number of hydrogen-bond donors (Lipinski definition) is 0. The molecular weight excluding hydrogens is 440 g/mol. The highest BCUT2D eigenvalue weighted by Crippen LogP contribution is 2.31. The minimum Gasteiger partial charge on any atom is -0.493 e. The van der Waals surface area contributed by atoms with E-state index in [0.717, 1.165) is 25.7 Å². The molecule has 33 heavy (non-hydrogen) atoms. The molecular formula is C25H22N2O5S. The van der Waals surface area contributed by atoms with Gasteiger partial charge in [-0.2, -0.15) is 0 Å². The van der Waals surface area contributed by atoms with Gasteiger partial charge in [-0.25, -0.2) is 14.7 Å². The molecule has 2 amide bonds. The molecule has 4 rings (SSSR count). The number of hydrogen-bond acceptors (Lipinski definition) is 7. The van der Waals surface area contributed by atoms with E-state index in [0.29, 0.717) is 17.2 Å². The lowest BCUT2D eigenvalue weighted by molar-refractivity contribution is 0.0975. The maximum Gasteiger partial charge on any atom is 0.421 e. The number of aromatic nitrogens is 1. The lowest BCUT2D eigenvalue weighted by atomic mass is 10.1. The minimum atomic E-state index is -0.774. The summed E-state index contributed by atoms with van der Waals surface area (Å²) in [6.07, 6.45) is -0.774. The van der Waals surface area contributed by atoms with Crippen LogP contribution in [0.15, 0.2) is 66.7 Å². The summed E-state index contributed by atoms with van der Waals surface area (Å²) in [5, 5.41) is 0.829. The number of para-hydroxylation sites is 2. The Hall–Kier alpha value is -3.91. The van der Waals surface area contributed by atoms with E-state index in [2.05, 4.69) is 4.98 Å². The number of methoxy groups -OCH3 is 2. The fraction of sp³-hybridized carbons (Fsp3) is 0.160. The summed E-state index contributed by atoms with van der Waals surface area (Å²) in [6, 6.07) is 19.8. The summed E-state index contributed by atoms with van der Waals surface area (Å²) in [4.78, 5) is 31.3. The lowest BCUT2D eigenvalue weighted by Crippen LogP contribution is -2.37. The zero-order valence-corrected chi connectivity index (χ0v) is 19.2. The van der Waals surface area contributed by atoms with E-state index in [-0.39, 0.29) is 12.2 Å². The van der Waals surface area contributed by atoms with Crippen LogP contribution in [0, 0.1) is 6.92 Å². The number of amides is 2. The van der Waals surface area contributed by atoms with Crippen LogP contribution in [0.1, 0.15) is 20.9 Å². The maximum absolute atomic E-state index is 13.3. The number of aryl methyl sites for hydroxylation is 1. The summed E-state index contributed by atoms with van der Waals surface area (Å²) in [7, 11) is 2.73. The zero-order chi connectivity index (χ0) is 23.4. The number of anilines is 1. The van der Waals surface area contributed by atoms with Crippen molar-refractivity contribution in [1.82, 2.24) is 4.98 Å². The number of carbonyl (C=O) groups excluding carboxylic acids is 2. The Labute approximate surface area is 195 Å². The molecule has 4 aromatic rings. The first kappa shape index (κ1) is 22.3. The van der Waals surface area contributed by atoms with Gasteiger partial charge in [0, 0.05) is 5.56 Å². The number of rotatable bonds is 6. The van der Waals surface area contributed by atoms with Crippen molar-refractivity contribution >= 4 is 39.2 Å². The van der Waals surface area contributed by atoms with Crippen LogP contribution in [0.3, 0.4) is 0 Å². The van der Waals surface area contributed by atoms with Gasteiger partial charge in [-0.1, -0.05) is 30.3 Å². The summed E-state index contributed by atoms with van der Waals surface area (Å²) in [6.45, 7) is 2.08. The highest BCUT2D eigenvalue weighted by atomic mass is 32.1. The first-order chi connectivity index (χ1) is 16.0. The van der Waals surface area contributed by atoms with E-state index in [1.165, 1.54) is 14.2 Å². The Morgan fingerprint density at radius 2 is 1.73 bits per heavy atom. The second-order valence-corrected chi connectivity index (χ2v) is 8.24. The highest BCUT2D eigenvalue weighted by molar-refractivity contribution is 7.18. The number of imide groups is 1. The predicted molar refractivity (Wildman–Crippen MR) is 127 cm³/mol. The molecule has 168 valence electrons. The molecule has 0 saturated carbocycles. The van der Waals surface area contributed by atoms with Crippen LogP contribution in [-0.4, -0.2) is 31.2 Å². The lowest BCUT2D eigenvalue weighted by Gasteiger charge is -2.21. The fourth-order valence-electron chi connectivity index (χ4n) is 3.37. The summed E-state index contributed by atoms with van der Waals surface area (Å²) < 4.78 is 17.3. The predicted octanol–water partition coefficient (Wildman–Crippen LogP) is 5.61. The van der Waals surface area contributed by atoms with Crippen molar-refractivity contribution in [2.75, 3.05) is 19.1 Å². The highest BCUT2D eigenvalue weighted by Gasteiger charge is 2.27. The topological polar surface area (TPSA) is 78.0 Å². The van der Waals surface area contributed by atoms with Gasteiger partial charge in [0.05, 0.1) is 30.1 Å². The number of fused-ring (bicyclic) bond motifs is 1. The molecule has 0 spiro atoms. The van der Waals surface area contributed by atoms with E-state index < -0.39 is 12.0 Å². The Morgan fingerprint density at radius 3 is 2.45 bits per heavy atom. The van der Waals surface area contributed by atoms with Gasteiger partial charge in [-0.15, -0.1) is 11.3 Å². The molecule has 0 bridgehead atoms. The minimum absolute atomic E-state index is 0.257. The molecule has 0 aliphatic rings. The third-order valence-corrected chi connectivity index (χ3v) is 6.03. The third kappa shape index (κ3) is 4.65. The van der Waals surface area contributed by atoms with Crippen molar-refractivity contribution in [2.24, 2.45) is 0 Å². The number of nitrogens with zero attached hydrogens (tertiary/aromatic N) is 2. The number of benzene rings is 3. The largest absolute Gasteiger partial charge is 0.493 e. The van der Waals surface area contributed by atoms with Crippen molar-refractivity contribution in [2.45, 2.75) is 13.5 Å². The molecule has 0 radical (unpaired) electrons. The van der Waals surface area contributed by atoms with Crippen molar-refractivity contribution in [3.63, 3.8) is 0 Å². The van der Waals surface area contributed by atoms with Gasteiger partial charge in [0.15, 0.2) is 11.5 Å². The zero-order valence-electron chi connectivity index (χ0n) is 18.4. The summed E-state index contributed by atoms with van der Waals surface area (Å²) >= 11 is 1.56. The fourth-order valence-corrected chi connectivity index (χ4v) is 4.25. The molecule has 3 aromatic carbocycles. The monoisotopic (exact) mass is 462 g/mol. The first-order valence-electron chi connectivity index (χ1n) is 10.1. The Morgan fingerprint density at radius 1 is 0.970 bits per heavy atom. The number of carbonyl (C=O) groups is 2. The van der Waals surface area contributed by atoms with Crippen molar-refractivity contribution < 1.29 is 23.8 Å². The van der Waals surface area contributed by atoms with Gasteiger partial charge in [-0.05, 0) is 48.9 Å². The first-order valence-corrected chi connectivity index (χ1v) is 11.0. The van der Waals surface area contributed by atoms with Gasteiger partial charge in [-0.3, -0.25) is 4.79 Å². The molecule has 1 aromatic heterocycles. The SMILES string of the molecule is COC(=O)N(C(=O)c1ccc(OCc2nc3ccccc3s2)c(OC)c1)c1ccccc1C. The van der Waals surface area contributed by atoms with Crippen LogP contribution in [-0.2, 0) is 11.3 Å². The van der Waals surface area contributed by atoms with Gasteiger partial charge in [0.1, 0.15) is 11.6 Å². The normalized spacial score (nSPS) is 10.6. The smallest absolute Gasteiger partial charge is 0.421 e. The summed E-state index contributed by atoms with van der Waals surface area (Å²) in [5.41, 5.74) is 2.39. The average Bonchev–Trinajstić information content (AvgIpc) is 3.26. The Balaban J connectivity index is 1.58. The van der Waals surface area contributed by atoms with Crippen LogP contribution in [0.4, 0.5) is 10.5 Å². The second-order valence-electron chi connectivity index (χ2n) is 7.13. The molecule has 0 N–H and O–H groups in total. The van der Waals surface area contributed by atoms with E-state index in [1.54, 1.807) is 41.7 Å². The van der Waals surface area contributed by atoms with Crippen LogP contribution in [0.25, 0.3) is 10.2 Å². The number of ether oxygens (including phenoxy) is 3. The van der Waals surface area contributed by atoms with Crippen LogP contribution in [0.5, 0.6) is 11.5 Å². The molecule has 0 aliphatic carbocycles. The van der Waals surface area contributed by atoms with E-state index in [1.807, 2.05) is 43.3 Å². The van der Waals surface area contributed by atoms with E-state index in [4.69, 9.17) is 14.2 Å². The summed E-state index contributed by atoms with van der Waals surface area (Å²) in [5.74, 6) is 0.303. The molecule has 0 fully saturated rings. The molecule has 0 aliphatic heterocycles. The van der Waals surface area contributed by atoms with Crippen molar-refractivity contribution in [3.05, 3.63) is 82.9 Å². The van der Waals surface area contributed by atoms with Crippen molar-refractivity contribution in [1.29, 1.82) is 0 Å². The molecule has 0 unspecified atom stereocenters. The Bertz CT molecular complexity index is 1280. The van der Waals surface area contributed by atoms with Gasteiger partial charge >= 0.3 is 6.09 Å². The van der Waals surface area contributed by atoms with Gasteiger partial charge < -0.3 is 14.2 Å². The van der Waals surface area contributed by atoms with Gasteiger partial charge in [0.2, 0.25) is 0 Å². The Kier molecular flexibility index (Phi) is 6.55. The van der Waals surface area contributed by atoms with Crippen LogP contribution in [0.2, 0.25) is 0 Å². The van der Waals surface area contributed by atoms with Gasteiger partial charge in [0.25, 0.3) is 5.91 Å². The third-order valence-electron chi connectivity index (χ3n) is 5.02. The molecule has 0 atom stereocenters. The van der Waals surface area contributed by atoms with Crippen molar-refractivity contribution in [3.8, 4) is 11.5 Å². The van der Waals surface area contributed by atoms with E-state index >= 15 is 0 Å². The van der Waals surface area contributed by atoms with Crippen LogP contribution >= 0.6 is 11.3 Å². The molecule has 8 heteroatoms. The standard InChI is InChI=1S/C25H22N2O5S/c1-16-8-4-6-10-19(16)27(25(29)31-3)24(28)17-12-13-20(21(14-17)30-2)32-15-23-26-18-9-5-7-11-22(18)33-23/h4-14H,15H2,1-3H3. The molecule has 1 heterocycles. The maximum atomic E-state index is 13.3. The number of thiazole rings is 1. The van der Waals surface area contributed by atoms with Crippen LogP contribution < -0.4 is 14.4 Å². The van der Waals surface area contributed by atoms with E-state index in [9.17, 15) is 9.59 Å². The molecule has 7 nitrogen and oxygen atoms in total.